The topological polar surface area (TPSA) is 83.1 Å². The molecular formula is C18H18N4O2S2. The zero-order chi connectivity index (χ0) is 18.5. The molecule has 0 saturated heterocycles. The lowest BCUT2D eigenvalue weighted by Crippen LogP contribution is -2.22. The zero-order valence-corrected chi connectivity index (χ0v) is 16.0. The van der Waals surface area contributed by atoms with E-state index in [0.717, 1.165) is 21.8 Å². The van der Waals surface area contributed by atoms with Gasteiger partial charge in [-0.2, -0.15) is 0 Å². The molecule has 2 heterocycles. The van der Waals surface area contributed by atoms with Crippen LogP contribution in [0.5, 0.6) is 0 Å². The molecule has 0 atom stereocenters. The summed E-state index contributed by atoms with van der Waals surface area (Å²) < 4.78 is 0. The molecule has 0 saturated carbocycles. The van der Waals surface area contributed by atoms with Crippen LogP contribution in [0.15, 0.2) is 41.8 Å². The Morgan fingerprint density at radius 2 is 1.85 bits per heavy atom. The third-order valence-electron chi connectivity index (χ3n) is 3.54. The molecule has 0 spiro atoms. The summed E-state index contributed by atoms with van der Waals surface area (Å²) in [6.07, 6.45) is 0. The van der Waals surface area contributed by atoms with Gasteiger partial charge in [-0.05, 0) is 37.4 Å². The normalized spacial score (nSPS) is 10.4. The van der Waals surface area contributed by atoms with Gasteiger partial charge in [-0.3, -0.25) is 10.1 Å². The van der Waals surface area contributed by atoms with Crippen molar-refractivity contribution >= 4 is 45.4 Å². The summed E-state index contributed by atoms with van der Waals surface area (Å²) in [5, 5.41) is 10.6. The predicted octanol–water partition coefficient (Wildman–Crippen LogP) is 4.40. The van der Waals surface area contributed by atoms with E-state index in [1.807, 2.05) is 48.7 Å². The number of carbonyl (C=O) groups excluding carboxylic acids is 2. The molecule has 3 amide bonds. The van der Waals surface area contributed by atoms with E-state index in [-0.39, 0.29) is 5.91 Å². The van der Waals surface area contributed by atoms with Gasteiger partial charge in [0.1, 0.15) is 4.88 Å². The summed E-state index contributed by atoms with van der Waals surface area (Å²) in [5.74, 6) is -0.194. The summed E-state index contributed by atoms with van der Waals surface area (Å²) >= 11 is 2.74. The molecule has 26 heavy (non-hydrogen) atoms. The number of urea groups is 1. The highest BCUT2D eigenvalue weighted by Crippen LogP contribution is 2.23. The Kier molecular flexibility index (Phi) is 5.65. The van der Waals surface area contributed by atoms with Crippen LogP contribution in [0.4, 0.5) is 15.6 Å². The first-order valence-electron chi connectivity index (χ1n) is 7.94. The van der Waals surface area contributed by atoms with E-state index in [1.165, 1.54) is 0 Å². The van der Waals surface area contributed by atoms with E-state index in [9.17, 15) is 9.59 Å². The van der Waals surface area contributed by atoms with E-state index < -0.39 is 6.03 Å². The molecule has 0 aliphatic heterocycles. The SMILES string of the molecule is Cc1ccc(NC(=O)Nc2nc(C)c(C(=O)NCc3cccs3)s2)cc1. The fourth-order valence-electron chi connectivity index (χ4n) is 2.22. The van der Waals surface area contributed by atoms with Gasteiger partial charge in [0, 0.05) is 10.6 Å². The zero-order valence-electron chi connectivity index (χ0n) is 14.3. The molecule has 6 nitrogen and oxygen atoms in total. The maximum Gasteiger partial charge on any atom is 0.325 e. The van der Waals surface area contributed by atoms with E-state index in [0.29, 0.717) is 27.9 Å². The van der Waals surface area contributed by atoms with Crippen LogP contribution in [-0.4, -0.2) is 16.9 Å². The van der Waals surface area contributed by atoms with Crippen molar-refractivity contribution in [1.29, 1.82) is 0 Å². The molecule has 0 fully saturated rings. The number of anilines is 2. The molecule has 2 aromatic heterocycles. The van der Waals surface area contributed by atoms with Crippen LogP contribution in [0, 0.1) is 13.8 Å². The fraction of sp³-hybridized carbons (Fsp3) is 0.167. The van der Waals surface area contributed by atoms with Crippen molar-refractivity contribution in [3.8, 4) is 0 Å². The van der Waals surface area contributed by atoms with Crippen LogP contribution in [0.1, 0.15) is 25.8 Å². The second-order valence-electron chi connectivity index (χ2n) is 5.64. The Morgan fingerprint density at radius 3 is 2.54 bits per heavy atom. The Balaban J connectivity index is 1.59. The van der Waals surface area contributed by atoms with Crippen molar-refractivity contribution in [3.63, 3.8) is 0 Å². The minimum absolute atomic E-state index is 0.194. The van der Waals surface area contributed by atoms with Crippen LogP contribution in [0.2, 0.25) is 0 Å². The number of nitrogens with zero attached hydrogens (tertiary/aromatic N) is 1. The van der Waals surface area contributed by atoms with Crippen LogP contribution in [0.25, 0.3) is 0 Å². The number of carbonyl (C=O) groups is 2. The van der Waals surface area contributed by atoms with Gasteiger partial charge >= 0.3 is 6.03 Å². The molecule has 3 rings (SSSR count). The van der Waals surface area contributed by atoms with Gasteiger partial charge < -0.3 is 10.6 Å². The van der Waals surface area contributed by atoms with Crippen molar-refractivity contribution in [2.24, 2.45) is 0 Å². The third-order valence-corrected chi connectivity index (χ3v) is 5.48. The van der Waals surface area contributed by atoms with Crippen molar-refractivity contribution in [2.45, 2.75) is 20.4 Å². The second-order valence-corrected chi connectivity index (χ2v) is 7.67. The Labute approximate surface area is 159 Å². The van der Waals surface area contributed by atoms with E-state index in [2.05, 4.69) is 20.9 Å². The van der Waals surface area contributed by atoms with Crippen LogP contribution in [-0.2, 0) is 6.54 Å². The van der Waals surface area contributed by atoms with E-state index in [4.69, 9.17) is 0 Å². The minimum Gasteiger partial charge on any atom is -0.346 e. The number of aromatic nitrogens is 1. The summed E-state index contributed by atoms with van der Waals surface area (Å²) in [7, 11) is 0. The minimum atomic E-state index is -0.395. The molecule has 8 heteroatoms. The largest absolute Gasteiger partial charge is 0.346 e. The smallest absolute Gasteiger partial charge is 0.325 e. The second kappa shape index (κ2) is 8.11. The highest BCUT2D eigenvalue weighted by Gasteiger charge is 2.16. The van der Waals surface area contributed by atoms with Crippen molar-refractivity contribution in [2.75, 3.05) is 10.6 Å². The monoisotopic (exact) mass is 386 g/mol. The lowest BCUT2D eigenvalue weighted by atomic mass is 10.2. The molecule has 0 aliphatic rings. The Morgan fingerprint density at radius 1 is 1.08 bits per heavy atom. The molecule has 3 N–H and O–H groups in total. The number of thiophene rings is 1. The molecule has 134 valence electrons. The summed E-state index contributed by atoms with van der Waals surface area (Å²) in [6.45, 7) is 4.21. The summed E-state index contributed by atoms with van der Waals surface area (Å²) in [5.41, 5.74) is 2.39. The lowest BCUT2D eigenvalue weighted by molar-refractivity contribution is 0.0954. The number of amides is 3. The number of hydrogen-bond donors (Lipinski definition) is 3. The van der Waals surface area contributed by atoms with Gasteiger partial charge in [0.15, 0.2) is 5.13 Å². The van der Waals surface area contributed by atoms with Crippen LogP contribution in [0.3, 0.4) is 0 Å². The highest BCUT2D eigenvalue weighted by molar-refractivity contribution is 7.17. The summed E-state index contributed by atoms with van der Waals surface area (Å²) in [4.78, 5) is 30.2. The molecular weight excluding hydrogens is 368 g/mol. The maximum absolute atomic E-state index is 12.3. The van der Waals surface area contributed by atoms with E-state index in [1.54, 1.807) is 18.3 Å². The third kappa shape index (κ3) is 4.68. The van der Waals surface area contributed by atoms with Gasteiger partial charge in [0.2, 0.25) is 0 Å². The number of benzene rings is 1. The number of nitrogens with one attached hydrogen (secondary N) is 3. The number of hydrogen-bond acceptors (Lipinski definition) is 5. The average Bonchev–Trinajstić information content (AvgIpc) is 3.24. The van der Waals surface area contributed by atoms with Crippen molar-refractivity contribution in [3.05, 3.63) is 62.8 Å². The van der Waals surface area contributed by atoms with Gasteiger partial charge in [-0.25, -0.2) is 9.78 Å². The van der Waals surface area contributed by atoms with Crippen LogP contribution < -0.4 is 16.0 Å². The van der Waals surface area contributed by atoms with Gasteiger partial charge in [-0.1, -0.05) is 35.1 Å². The van der Waals surface area contributed by atoms with Gasteiger partial charge in [-0.15, -0.1) is 11.3 Å². The molecule has 0 radical (unpaired) electrons. The molecule has 0 aliphatic carbocycles. The summed E-state index contributed by atoms with van der Waals surface area (Å²) in [6, 6.07) is 11.0. The van der Waals surface area contributed by atoms with Crippen molar-refractivity contribution < 1.29 is 9.59 Å². The molecule has 3 aromatic rings. The Bertz CT molecular complexity index is 902. The lowest BCUT2D eigenvalue weighted by Gasteiger charge is -2.05. The average molecular weight is 387 g/mol. The quantitative estimate of drug-likeness (QED) is 0.608. The fourth-order valence-corrected chi connectivity index (χ4v) is 3.74. The first-order chi connectivity index (χ1) is 12.5. The Hall–Kier alpha value is -2.71. The van der Waals surface area contributed by atoms with Gasteiger partial charge in [0.05, 0.1) is 12.2 Å². The maximum atomic E-state index is 12.3. The van der Waals surface area contributed by atoms with Crippen molar-refractivity contribution in [1.82, 2.24) is 10.3 Å². The number of thiazole rings is 1. The predicted molar refractivity (Wildman–Crippen MR) is 106 cm³/mol. The first-order valence-corrected chi connectivity index (χ1v) is 9.63. The van der Waals surface area contributed by atoms with Crippen LogP contribution >= 0.6 is 22.7 Å². The highest BCUT2D eigenvalue weighted by atomic mass is 32.1. The molecule has 1 aromatic carbocycles. The number of rotatable bonds is 5. The van der Waals surface area contributed by atoms with Gasteiger partial charge in [0.25, 0.3) is 5.91 Å². The van der Waals surface area contributed by atoms with E-state index >= 15 is 0 Å². The molecule has 0 bridgehead atoms. The number of aryl methyl sites for hydroxylation is 2. The molecule has 0 unspecified atom stereocenters. The first kappa shape index (κ1) is 18.1. The standard InChI is InChI=1S/C18H18N4O2S2/c1-11-5-7-13(8-6-11)21-17(24)22-18-20-12(2)15(26-18)16(23)19-10-14-4-3-9-25-14/h3-9H,10H2,1-2H3,(H,19,23)(H2,20,21,22,24).